The van der Waals surface area contributed by atoms with Crippen molar-refractivity contribution in [1.82, 2.24) is 0 Å². The van der Waals surface area contributed by atoms with E-state index in [0.717, 1.165) is 0 Å². The Hall–Kier alpha value is -0.920. The number of halogens is 6. The van der Waals surface area contributed by atoms with Crippen LogP contribution in [0.4, 0.5) is 22.0 Å². The Morgan fingerprint density at radius 1 is 1.11 bits per heavy atom. The minimum absolute atomic E-state index is 0.128. The van der Waals surface area contributed by atoms with Crippen molar-refractivity contribution < 1.29 is 31.4 Å². The molecule has 100 valence electrons. The Bertz CT molecular complexity index is 468. The molecule has 18 heavy (non-hydrogen) atoms. The summed E-state index contributed by atoms with van der Waals surface area (Å²) in [4.78, 5) is 0. The Morgan fingerprint density at radius 2 is 1.67 bits per heavy atom. The van der Waals surface area contributed by atoms with Gasteiger partial charge in [0.15, 0.2) is 17.9 Å². The van der Waals surface area contributed by atoms with Crippen molar-refractivity contribution in [3.63, 3.8) is 0 Å². The van der Waals surface area contributed by atoms with Gasteiger partial charge in [-0.2, -0.15) is 13.2 Å². The van der Waals surface area contributed by atoms with Crippen LogP contribution in [0, 0.1) is 11.6 Å². The van der Waals surface area contributed by atoms with Crippen LogP contribution in [-0.4, -0.2) is 13.2 Å². The molecule has 1 heterocycles. The minimum Gasteiger partial charge on any atom is -0.346 e. The zero-order valence-electron chi connectivity index (χ0n) is 8.65. The first-order chi connectivity index (χ1) is 8.32. The van der Waals surface area contributed by atoms with Gasteiger partial charge in [-0.15, -0.1) is 0 Å². The number of benzene rings is 1. The van der Waals surface area contributed by atoms with Crippen molar-refractivity contribution in [2.45, 2.75) is 12.5 Å². The molecule has 2 nitrogen and oxygen atoms in total. The van der Waals surface area contributed by atoms with Crippen LogP contribution < -0.4 is 0 Å². The third-order valence-electron chi connectivity index (χ3n) is 2.36. The van der Waals surface area contributed by atoms with Gasteiger partial charge in [-0.1, -0.05) is 11.6 Å². The molecule has 0 spiro atoms. The second kappa shape index (κ2) is 4.64. The van der Waals surface area contributed by atoms with Gasteiger partial charge >= 0.3 is 6.18 Å². The van der Waals surface area contributed by atoms with Crippen LogP contribution >= 0.6 is 11.6 Å². The molecule has 1 aromatic rings. The number of hydrogen-bond donors (Lipinski definition) is 0. The minimum atomic E-state index is -5.02. The third kappa shape index (κ3) is 2.30. The molecule has 0 saturated carbocycles. The Balaban J connectivity index is 2.54. The SMILES string of the molecule is Fc1c(C(F)(F)F)cc(Cl)c(C2OCCO2)c1F. The lowest BCUT2D eigenvalue weighted by molar-refractivity contribution is -0.140. The molecule has 1 saturated heterocycles. The summed E-state index contributed by atoms with van der Waals surface area (Å²) in [6, 6.07) is 0.320. The fourth-order valence-electron chi connectivity index (χ4n) is 1.56. The molecule has 8 heteroatoms. The quantitative estimate of drug-likeness (QED) is 0.580. The fraction of sp³-hybridized carbons (Fsp3) is 0.400. The van der Waals surface area contributed by atoms with Crippen molar-refractivity contribution >= 4 is 11.6 Å². The van der Waals surface area contributed by atoms with Crippen LogP contribution in [0.3, 0.4) is 0 Å². The lowest BCUT2D eigenvalue weighted by Gasteiger charge is -2.16. The molecule has 1 fully saturated rings. The molecular weight excluding hydrogens is 283 g/mol. The van der Waals surface area contributed by atoms with E-state index in [2.05, 4.69) is 0 Å². The van der Waals surface area contributed by atoms with Gasteiger partial charge in [0.25, 0.3) is 0 Å². The molecule has 0 N–H and O–H groups in total. The zero-order valence-corrected chi connectivity index (χ0v) is 9.41. The summed E-state index contributed by atoms with van der Waals surface area (Å²) in [5.74, 6) is -3.72. The lowest BCUT2D eigenvalue weighted by Crippen LogP contribution is -2.13. The first-order valence-electron chi connectivity index (χ1n) is 4.80. The molecule has 0 unspecified atom stereocenters. The van der Waals surface area contributed by atoms with Crippen LogP contribution in [0.15, 0.2) is 6.07 Å². The van der Waals surface area contributed by atoms with E-state index in [4.69, 9.17) is 21.1 Å². The summed E-state index contributed by atoms with van der Waals surface area (Å²) < 4.78 is 73.9. The normalized spacial score (nSPS) is 17.4. The molecule has 0 amide bonds. The van der Waals surface area contributed by atoms with E-state index in [1.807, 2.05) is 0 Å². The highest BCUT2D eigenvalue weighted by atomic mass is 35.5. The number of ether oxygens (including phenoxy) is 2. The maximum Gasteiger partial charge on any atom is 0.419 e. The smallest absolute Gasteiger partial charge is 0.346 e. The van der Waals surface area contributed by atoms with Crippen LogP contribution in [0.5, 0.6) is 0 Å². The Morgan fingerprint density at radius 3 is 2.17 bits per heavy atom. The molecule has 0 aliphatic carbocycles. The van der Waals surface area contributed by atoms with Gasteiger partial charge < -0.3 is 9.47 Å². The van der Waals surface area contributed by atoms with Gasteiger partial charge in [0, 0.05) is 0 Å². The van der Waals surface area contributed by atoms with Crippen LogP contribution in [-0.2, 0) is 15.7 Å². The summed E-state index contributed by atoms with van der Waals surface area (Å²) in [7, 11) is 0. The highest BCUT2D eigenvalue weighted by molar-refractivity contribution is 6.31. The molecule has 1 aliphatic rings. The average molecular weight is 289 g/mol. The van der Waals surface area contributed by atoms with E-state index in [-0.39, 0.29) is 13.2 Å². The van der Waals surface area contributed by atoms with Crippen molar-refractivity contribution in [1.29, 1.82) is 0 Å². The van der Waals surface area contributed by atoms with Crippen LogP contribution in [0.2, 0.25) is 5.02 Å². The molecule has 0 atom stereocenters. The molecule has 1 aromatic carbocycles. The summed E-state index contributed by atoms with van der Waals surface area (Å²) in [6.07, 6.45) is -6.31. The van der Waals surface area contributed by atoms with E-state index in [9.17, 15) is 22.0 Å². The van der Waals surface area contributed by atoms with E-state index in [0.29, 0.717) is 6.07 Å². The van der Waals surface area contributed by atoms with E-state index in [1.54, 1.807) is 0 Å². The Kier molecular flexibility index (Phi) is 3.48. The molecule has 0 aromatic heterocycles. The van der Waals surface area contributed by atoms with Crippen molar-refractivity contribution in [2.75, 3.05) is 13.2 Å². The predicted molar refractivity (Wildman–Crippen MR) is 51.0 cm³/mol. The number of alkyl halides is 3. The summed E-state index contributed by atoms with van der Waals surface area (Å²) in [5, 5.41) is -0.590. The number of hydrogen-bond acceptors (Lipinski definition) is 2. The molecule has 0 bridgehead atoms. The maximum absolute atomic E-state index is 13.6. The molecule has 0 radical (unpaired) electrons. The second-order valence-corrected chi connectivity index (χ2v) is 3.93. The van der Waals surface area contributed by atoms with Crippen molar-refractivity contribution in [3.8, 4) is 0 Å². The highest BCUT2D eigenvalue weighted by Gasteiger charge is 2.38. The Labute approximate surface area is 103 Å². The topological polar surface area (TPSA) is 18.5 Å². The van der Waals surface area contributed by atoms with Crippen LogP contribution in [0.25, 0.3) is 0 Å². The standard InChI is InChI=1S/C10H6ClF5O2/c11-5-3-4(10(14,15)16)7(12)8(13)6(5)9-17-1-2-18-9/h3,9H,1-2H2. The van der Waals surface area contributed by atoms with Gasteiger partial charge in [0.2, 0.25) is 0 Å². The predicted octanol–water partition coefficient (Wildman–Crippen LogP) is 3.68. The molecular formula is C10H6ClF5O2. The maximum atomic E-state index is 13.6. The third-order valence-corrected chi connectivity index (χ3v) is 2.67. The summed E-state index contributed by atoms with van der Waals surface area (Å²) in [6.45, 7) is 0.256. The largest absolute Gasteiger partial charge is 0.419 e. The summed E-state index contributed by atoms with van der Waals surface area (Å²) >= 11 is 5.53. The van der Waals surface area contributed by atoms with Crippen molar-refractivity contribution in [2.24, 2.45) is 0 Å². The van der Waals surface area contributed by atoms with Crippen LogP contribution in [0.1, 0.15) is 17.4 Å². The zero-order chi connectivity index (χ0) is 13.5. The first kappa shape index (κ1) is 13.5. The van der Waals surface area contributed by atoms with E-state index < -0.39 is 40.3 Å². The van der Waals surface area contributed by atoms with E-state index >= 15 is 0 Å². The summed E-state index contributed by atoms with van der Waals surface area (Å²) in [5.41, 5.74) is -2.31. The van der Waals surface area contributed by atoms with Gasteiger partial charge in [0.05, 0.1) is 29.4 Å². The van der Waals surface area contributed by atoms with Crippen molar-refractivity contribution in [3.05, 3.63) is 33.9 Å². The highest BCUT2D eigenvalue weighted by Crippen LogP contribution is 2.39. The van der Waals surface area contributed by atoms with Gasteiger partial charge in [0.1, 0.15) is 0 Å². The number of rotatable bonds is 1. The van der Waals surface area contributed by atoms with Gasteiger partial charge in [-0.3, -0.25) is 0 Å². The fourth-order valence-corrected chi connectivity index (χ4v) is 1.84. The molecule has 2 rings (SSSR count). The van der Waals surface area contributed by atoms with Gasteiger partial charge in [-0.05, 0) is 6.07 Å². The average Bonchev–Trinajstić information content (AvgIpc) is 2.75. The lowest BCUT2D eigenvalue weighted by atomic mass is 10.1. The second-order valence-electron chi connectivity index (χ2n) is 3.52. The first-order valence-corrected chi connectivity index (χ1v) is 5.18. The van der Waals surface area contributed by atoms with E-state index in [1.165, 1.54) is 0 Å². The molecule has 1 aliphatic heterocycles. The van der Waals surface area contributed by atoms with Gasteiger partial charge in [-0.25, -0.2) is 8.78 Å². The monoisotopic (exact) mass is 288 g/mol.